The normalized spacial score (nSPS) is 17.8. The van der Waals surface area contributed by atoms with Gasteiger partial charge in [0.25, 0.3) is 0 Å². The molecule has 1 fully saturated rings. The van der Waals surface area contributed by atoms with E-state index in [1.807, 2.05) is 16.8 Å². The van der Waals surface area contributed by atoms with Crippen molar-refractivity contribution < 1.29 is 13.2 Å². The Labute approximate surface area is 201 Å². The third kappa shape index (κ3) is 6.17. The van der Waals surface area contributed by atoms with Gasteiger partial charge in [0.1, 0.15) is 24.4 Å². The Morgan fingerprint density at radius 3 is 2.82 bits per heavy atom. The lowest BCUT2D eigenvalue weighted by Gasteiger charge is -2.32. The van der Waals surface area contributed by atoms with E-state index < -0.39 is 18.1 Å². The van der Waals surface area contributed by atoms with Gasteiger partial charge in [-0.3, -0.25) is 0 Å². The molecule has 184 valence electrons. The van der Waals surface area contributed by atoms with E-state index in [9.17, 15) is 8.42 Å². The van der Waals surface area contributed by atoms with Crippen LogP contribution in [0.5, 0.6) is 0 Å². The third-order valence-electron chi connectivity index (χ3n) is 5.87. The minimum absolute atomic E-state index is 0.0387. The van der Waals surface area contributed by atoms with E-state index in [0.717, 1.165) is 42.2 Å². The Bertz CT molecular complexity index is 1240. The van der Waals surface area contributed by atoms with Gasteiger partial charge in [0, 0.05) is 46.2 Å². The SMILES string of the molecule is C[Si](C)(C)CCOCn1ccc2nc(-c3cncnc3N[C@H]3CCCN(S(C)(=O)=O)C3)cnc21. The predicted octanol–water partition coefficient (Wildman–Crippen LogP) is 3.04. The quantitative estimate of drug-likeness (QED) is 0.350. The van der Waals surface area contributed by atoms with Crippen molar-refractivity contribution in [2.75, 3.05) is 31.3 Å². The highest BCUT2D eigenvalue weighted by molar-refractivity contribution is 7.88. The second-order valence-corrected chi connectivity index (χ2v) is 17.6. The maximum absolute atomic E-state index is 12.0. The van der Waals surface area contributed by atoms with Crippen LogP contribution >= 0.6 is 0 Å². The Morgan fingerprint density at radius 2 is 2.06 bits per heavy atom. The Balaban J connectivity index is 1.49. The fourth-order valence-corrected chi connectivity index (χ4v) is 5.59. The third-order valence-corrected chi connectivity index (χ3v) is 8.85. The van der Waals surface area contributed by atoms with Crippen LogP contribution in [0.1, 0.15) is 12.8 Å². The largest absolute Gasteiger partial charge is 0.365 e. The van der Waals surface area contributed by atoms with Crippen molar-refractivity contribution in [3.8, 4) is 11.3 Å². The molecule has 1 saturated heterocycles. The maximum Gasteiger partial charge on any atom is 0.211 e. The molecule has 0 bridgehead atoms. The lowest BCUT2D eigenvalue weighted by molar-refractivity contribution is 0.0899. The summed E-state index contributed by atoms with van der Waals surface area (Å²) in [5.41, 5.74) is 2.91. The van der Waals surface area contributed by atoms with Crippen molar-refractivity contribution >= 4 is 35.1 Å². The number of aromatic nitrogens is 5. The highest BCUT2D eigenvalue weighted by atomic mass is 32.2. The highest BCUT2D eigenvalue weighted by Gasteiger charge is 2.26. The van der Waals surface area contributed by atoms with Gasteiger partial charge in [-0.05, 0) is 25.0 Å². The number of nitrogens with one attached hydrogen (secondary N) is 1. The standard InChI is InChI=1S/C22H33N7O3SSi/c1-33(30,31)29-8-5-6-17(14-29)26-21-18(12-23-15-25-21)20-13-24-22-19(27-20)7-9-28(22)16-32-10-11-34(2,3)4/h7,9,12-13,15,17H,5-6,8,10-11,14,16H2,1-4H3,(H,23,25,26)/t17-/m0/s1. The number of ether oxygens (including phenoxy) is 1. The van der Waals surface area contributed by atoms with Crippen LogP contribution in [0, 0.1) is 0 Å². The van der Waals surface area contributed by atoms with Gasteiger partial charge >= 0.3 is 0 Å². The fourth-order valence-electron chi connectivity index (χ4n) is 3.92. The van der Waals surface area contributed by atoms with Crippen LogP contribution < -0.4 is 5.32 Å². The van der Waals surface area contributed by atoms with Crippen molar-refractivity contribution in [3.05, 3.63) is 31.0 Å². The van der Waals surface area contributed by atoms with Gasteiger partial charge in [0.15, 0.2) is 5.65 Å². The molecule has 0 amide bonds. The zero-order valence-electron chi connectivity index (χ0n) is 20.2. The van der Waals surface area contributed by atoms with Gasteiger partial charge in [-0.15, -0.1) is 0 Å². The van der Waals surface area contributed by atoms with Crippen molar-refractivity contribution in [1.82, 2.24) is 28.8 Å². The molecule has 3 aromatic rings. The molecule has 1 aliphatic heterocycles. The summed E-state index contributed by atoms with van der Waals surface area (Å²) in [6.45, 7) is 9.15. The fraction of sp³-hybridized carbons (Fsp3) is 0.545. The average Bonchev–Trinajstić information content (AvgIpc) is 3.18. The summed E-state index contributed by atoms with van der Waals surface area (Å²) < 4.78 is 33.3. The molecule has 4 rings (SSSR count). The summed E-state index contributed by atoms with van der Waals surface area (Å²) in [6.07, 6.45) is 9.74. The number of hydrogen-bond donors (Lipinski definition) is 1. The number of fused-ring (bicyclic) bond motifs is 1. The van der Waals surface area contributed by atoms with E-state index in [0.29, 0.717) is 31.3 Å². The number of anilines is 1. The number of rotatable bonds is 9. The number of piperidine rings is 1. The molecule has 0 aromatic carbocycles. The molecule has 10 nitrogen and oxygen atoms in total. The molecule has 0 unspecified atom stereocenters. The first-order valence-electron chi connectivity index (χ1n) is 11.5. The zero-order valence-corrected chi connectivity index (χ0v) is 22.0. The molecule has 4 heterocycles. The molecule has 0 saturated carbocycles. The first-order valence-corrected chi connectivity index (χ1v) is 17.1. The lowest BCUT2D eigenvalue weighted by atomic mass is 10.1. The van der Waals surface area contributed by atoms with E-state index in [-0.39, 0.29) is 6.04 Å². The van der Waals surface area contributed by atoms with Gasteiger partial charge < -0.3 is 14.6 Å². The smallest absolute Gasteiger partial charge is 0.211 e. The van der Waals surface area contributed by atoms with Crippen LogP contribution in [0.4, 0.5) is 5.82 Å². The van der Waals surface area contributed by atoms with Crippen molar-refractivity contribution in [1.29, 1.82) is 0 Å². The molecule has 3 aromatic heterocycles. The van der Waals surface area contributed by atoms with Crippen LogP contribution in [0.15, 0.2) is 31.0 Å². The van der Waals surface area contributed by atoms with Crippen LogP contribution in [0.25, 0.3) is 22.4 Å². The first kappa shape index (κ1) is 24.7. The minimum Gasteiger partial charge on any atom is -0.365 e. The zero-order chi connectivity index (χ0) is 24.3. The Morgan fingerprint density at radius 1 is 1.24 bits per heavy atom. The van der Waals surface area contributed by atoms with E-state index in [2.05, 4.69) is 39.9 Å². The molecular formula is C22H33N7O3SSi. The molecule has 1 aliphatic rings. The van der Waals surface area contributed by atoms with Gasteiger partial charge in [-0.2, -0.15) is 0 Å². The van der Waals surface area contributed by atoms with Gasteiger partial charge in [0.05, 0.1) is 23.7 Å². The minimum atomic E-state index is -3.22. The molecule has 34 heavy (non-hydrogen) atoms. The summed E-state index contributed by atoms with van der Waals surface area (Å²) in [7, 11) is -4.35. The monoisotopic (exact) mass is 503 g/mol. The van der Waals surface area contributed by atoms with Crippen LogP contribution in [-0.4, -0.2) is 77.3 Å². The molecule has 0 spiro atoms. The molecule has 1 atom stereocenters. The first-order chi connectivity index (χ1) is 16.1. The van der Waals surface area contributed by atoms with Crippen LogP contribution in [0.2, 0.25) is 25.7 Å². The predicted molar refractivity (Wildman–Crippen MR) is 136 cm³/mol. The molecule has 12 heteroatoms. The number of hydrogen-bond acceptors (Lipinski definition) is 8. The molecule has 0 aliphatic carbocycles. The summed E-state index contributed by atoms with van der Waals surface area (Å²) in [4.78, 5) is 18.0. The van der Waals surface area contributed by atoms with Crippen LogP contribution in [0.3, 0.4) is 0 Å². The molecule has 1 N–H and O–H groups in total. The van der Waals surface area contributed by atoms with Crippen molar-refractivity contribution in [2.24, 2.45) is 0 Å². The summed E-state index contributed by atoms with van der Waals surface area (Å²) in [5, 5.41) is 3.40. The van der Waals surface area contributed by atoms with E-state index in [4.69, 9.17) is 9.72 Å². The van der Waals surface area contributed by atoms with Gasteiger partial charge in [-0.1, -0.05) is 19.6 Å². The van der Waals surface area contributed by atoms with Crippen molar-refractivity contribution in [3.63, 3.8) is 0 Å². The van der Waals surface area contributed by atoms with E-state index in [1.54, 1.807) is 12.4 Å². The van der Waals surface area contributed by atoms with Gasteiger partial charge in [-0.25, -0.2) is 32.7 Å². The van der Waals surface area contributed by atoms with E-state index in [1.165, 1.54) is 16.9 Å². The molecule has 0 radical (unpaired) electrons. The summed E-state index contributed by atoms with van der Waals surface area (Å²) in [6, 6.07) is 3.01. The Hall–Kier alpha value is -2.41. The van der Waals surface area contributed by atoms with E-state index >= 15 is 0 Å². The maximum atomic E-state index is 12.0. The summed E-state index contributed by atoms with van der Waals surface area (Å²) in [5.74, 6) is 0.623. The average molecular weight is 504 g/mol. The second-order valence-electron chi connectivity index (χ2n) is 9.99. The molecular weight excluding hydrogens is 470 g/mol. The van der Waals surface area contributed by atoms with Crippen molar-refractivity contribution in [2.45, 2.75) is 51.3 Å². The van der Waals surface area contributed by atoms with Crippen LogP contribution in [-0.2, 0) is 21.5 Å². The Kier molecular flexibility index (Phi) is 7.31. The highest BCUT2D eigenvalue weighted by Crippen LogP contribution is 2.27. The number of nitrogens with zero attached hydrogens (tertiary/aromatic N) is 6. The second kappa shape index (κ2) is 10.1. The van der Waals surface area contributed by atoms with Gasteiger partial charge in [0.2, 0.25) is 10.0 Å². The number of sulfonamides is 1. The topological polar surface area (TPSA) is 115 Å². The lowest BCUT2D eigenvalue weighted by Crippen LogP contribution is -2.44. The summed E-state index contributed by atoms with van der Waals surface area (Å²) >= 11 is 0.